The second kappa shape index (κ2) is 5.86. The van der Waals surface area contributed by atoms with Crippen molar-refractivity contribution < 1.29 is 19.4 Å². The number of carbonyl (C=O) groups is 1. The Balaban J connectivity index is 1.77. The van der Waals surface area contributed by atoms with Gasteiger partial charge in [-0.15, -0.1) is 0 Å². The maximum Gasteiger partial charge on any atom is 0.315 e. The molecule has 1 aromatic rings. The van der Waals surface area contributed by atoms with E-state index < -0.39 is 24.5 Å². The van der Waals surface area contributed by atoms with Gasteiger partial charge in [-0.25, -0.2) is 4.79 Å². The van der Waals surface area contributed by atoms with Crippen LogP contribution < -0.4 is 10.6 Å². The van der Waals surface area contributed by atoms with Gasteiger partial charge in [0.1, 0.15) is 18.2 Å². The first kappa shape index (κ1) is 15.3. The van der Waals surface area contributed by atoms with Gasteiger partial charge in [0.2, 0.25) is 0 Å². The number of aromatic nitrogens is 2. The standard InChI is InChI=1S/C14H22N4O4/c1-7(2)16-14(20)17-10-9-6-21-13(22-9)11(12(10)19)18-5-8(3)4-15-18/h4-5,7,9-13,19H,6H2,1-3H3,(H2,16,17,20). The zero-order valence-corrected chi connectivity index (χ0v) is 12.9. The van der Waals surface area contributed by atoms with Gasteiger partial charge in [-0.1, -0.05) is 0 Å². The number of aliphatic hydroxyl groups excluding tert-OH is 1. The molecule has 2 bridgehead atoms. The van der Waals surface area contributed by atoms with Crippen LogP contribution in [0.3, 0.4) is 0 Å². The lowest BCUT2D eigenvalue weighted by Crippen LogP contribution is -2.60. The van der Waals surface area contributed by atoms with E-state index in [1.165, 1.54) is 0 Å². The summed E-state index contributed by atoms with van der Waals surface area (Å²) in [5.41, 5.74) is 0.981. The van der Waals surface area contributed by atoms with Gasteiger partial charge in [-0.2, -0.15) is 5.10 Å². The average molecular weight is 310 g/mol. The van der Waals surface area contributed by atoms with Gasteiger partial charge in [0, 0.05) is 12.2 Å². The Morgan fingerprint density at radius 3 is 2.95 bits per heavy atom. The third kappa shape index (κ3) is 2.81. The van der Waals surface area contributed by atoms with Crippen LogP contribution in [0.25, 0.3) is 0 Å². The summed E-state index contributed by atoms with van der Waals surface area (Å²) in [6, 6.07) is -1.36. The van der Waals surface area contributed by atoms with Crippen molar-refractivity contribution in [3.8, 4) is 0 Å². The van der Waals surface area contributed by atoms with Crippen LogP contribution in [-0.4, -0.2) is 58.1 Å². The van der Waals surface area contributed by atoms with Crippen molar-refractivity contribution in [1.29, 1.82) is 0 Å². The van der Waals surface area contributed by atoms with E-state index in [2.05, 4.69) is 15.7 Å². The monoisotopic (exact) mass is 310 g/mol. The van der Waals surface area contributed by atoms with Crippen LogP contribution in [-0.2, 0) is 9.47 Å². The van der Waals surface area contributed by atoms with Crippen molar-refractivity contribution in [2.45, 2.75) is 57.4 Å². The highest BCUT2D eigenvalue weighted by Gasteiger charge is 2.51. The molecule has 0 aliphatic carbocycles. The molecule has 1 aromatic heterocycles. The zero-order chi connectivity index (χ0) is 15.9. The van der Waals surface area contributed by atoms with Gasteiger partial charge >= 0.3 is 6.03 Å². The number of amides is 2. The lowest BCUT2D eigenvalue weighted by Gasteiger charge is -2.38. The van der Waals surface area contributed by atoms with Crippen LogP contribution in [0.2, 0.25) is 0 Å². The first-order valence-corrected chi connectivity index (χ1v) is 7.48. The molecule has 2 amide bonds. The molecule has 3 rings (SSSR count). The molecule has 3 N–H and O–H groups in total. The molecule has 2 saturated heterocycles. The fraction of sp³-hybridized carbons (Fsp3) is 0.714. The predicted octanol–water partition coefficient (Wildman–Crippen LogP) is -0.0752. The minimum Gasteiger partial charge on any atom is -0.388 e. The average Bonchev–Trinajstić information content (AvgIpc) is 3.03. The Bertz CT molecular complexity index is 547. The van der Waals surface area contributed by atoms with Crippen LogP contribution in [0.1, 0.15) is 25.5 Å². The van der Waals surface area contributed by atoms with Gasteiger partial charge in [-0.3, -0.25) is 4.68 Å². The third-order valence-corrected chi connectivity index (χ3v) is 3.88. The third-order valence-electron chi connectivity index (χ3n) is 3.88. The van der Waals surface area contributed by atoms with E-state index in [-0.39, 0.29) is 18.2 Å². The van der Waals surface area contributed by atoms with Crippen molar-refractivity contribution in [2.75, 3.05) is 6.61 Å². The number of nitrogens with one attached hydrogen (secondary N) is 2. The van der Waals surface area contributed by atoms with Gasteiger partial charge in [-0.05, 0) is 26.3 Å². The summed E-state index contributed by atoms with van der Waals surface area (Å²) in [5, 5.41) is 20.5. The molecule has 0 radical (unpaired) electrons. The summed E-state index contributed by atoms with van der Waals surface area (Å²) in [5.74, 6) is 0. The SMILES string of the molecule is Cc1cnn(C2C3OCC(O3)C(NC(=O)NC(C)C)C2O)c1. The molecule has 0 spiro atoms. The summed E-state index contributed by atoms with van der Waals surface area (Å²) in [4.78, 5) is 11.9. The number of aliphatic hydroxyl groups is 1. The topological polar surface area (TPSA) is 97.6 Å². The van der Waals surface area contributed by atoms with E-state index >= 15 is 0 Å². The normalized spacial score (nSPS) is 34.0. The first-order valence-electron chi connectivity index (χ1n) is 7.48. The summed E-state index contributed by atoms with van der Waals surface area (Å²) in [7, 11) is 0. The summed E-state index contributed by atoms with van der Waals surface area (Å²) in [6.45, 7) is 6.00. The van der Waals surface area contributed by atoms with Crippen molar-refractivity contribution >= 4 is 6.03 Å². The number of hydrogen-bond acceptors (Lipinski definition) is 5. The Morgan fingerprint density at radius 1 is 1.55 bits per heavy atom. The van der Waals surface area contributed by atoms with Crippen LogP contribution >= 0.6 is 0 Å². The molecular weight excluding hydrogens is 288 g/mol. The molecule has 122 valence electrons. The maximum absolute atomic E-state index is 11.9. The second-order valence-corrected chi connectivity index (χ2v) is 6.15. The summed E-state index contributed by atoms with van der Waals surface area (Å²) in [6.07, 6.45) is 1.78. The lowest BCUT2D eigenvalue weighted by atomic mass is 9.96. The molecule has 5 unspecified atom stereocenters. The van der Waals surface area contributed by atoms with Gasteiger partial charge in [0.05, 0.1) is 18.8 Å². The smallest absolute Gasteiger partial charge is 0.315 e. The summed E-state index contributed by atoms with van der Waals surface area (Å²) >= 11 is 0. The fourth-order valence-corrected chi connectivity index (χ4v) is 2.91. The molecule has 2 aliphatic heterocycles. The fourth-order valence-electron chi connectivity index (χ4n) is 2.91. The largest absolute Gasteiger partial charge is 0.388 e. The summed E-state index contributed by atoms with van der Waals surface area (Å²) < 4.78 is 13.0. The first-order chi connectivity index (χ1) is 10.5. The van der Waals surface area contributed by atoms with E-state index in [1.54, 1.807) is 10.9 Å². The molecule has 8 heteroatoms. The number of fused-ring (bicyclic) bond motifs is 2. The van der Waals surface area contributed by atoms with E-state index in [1.807, 2.05) is 27.0 Å². The highest BCUT2D eigenvalue weighted by Crippen LogP contribution is 2.35. The lowest BCUT2D eigenvalue weighted by molar-refractivity contribution is -0.166. The maximum atomic E-state index is 11.9. The quantitative estimate of drug-likeness (QED) is 0.726. The Hall–Kier alpha value is -1.64. The minimum absolute atomic E-state index is 0.0128. The number of rotatable bonds is 3. The number of carbonyl (C=O) groups excluding carboxylic acids is 1. The van der Waals surface area contributed by atoms with E-state index in [0.29, 0.717) is 6.61 Å². The molecule has 5 atom stereocenters. The number of hydrogen-bond donors (Lipinski definition) is 3. The molecule has 0 aromatic carbocycles. The van der Waals surface area contributed by atoms with Gasteiger partial charge in [0.25, 0.3) is 0 Å². The molecule has 2 fully saturated rings. The molecule has 8 nitrogen and oxygen atoms in total. The Kier molecular flexibility index (Phi) is 4.07. The second-order valence-electron chi connectivity index (χ2n) is 6.15. The highest BCUT2D eigenvalue weighted by atomic mass is 16.7. The Labute approximate surface area is 128 Å². The van der Waals surface area contributed by atoms with E-state index in [9.17, 15) is 9.90 Å². The van der Waals surface area contributed by atoms with Crippen LogP contribution in [0.5, 0.6) is 0 Å². The van der Waals surface area contributed by atoms with Crippen molar-refractivity contribution in [1.82, 2.24) is 20.4 Å². The van der Waals surface area contributed by atoms with E-state index in [4.69, 9.17) is 9.47 Å². The minimum atomic E-state index is -0.844. The molecule has 3 heterocycles. The van der Waals surface area contributed by atoms with Crippen molar-refractivity contribution in [2.24, 2.45) is 0 Å². The van der Waals surface area contributed by atoms with Crippen LogP contribution in [0.4, 0.5) is 4.79 Å². The molecule has 0 saturated carbocycles. The number of aryl methyl sites for hydroxylation is 1. The number of urea groups is 1. The van der Waals surface area contributed by atoms with Crippen LogP contribution in [0, 0.1) is 6.92 Å². The highest BCUT2D eigenvalue weighted by molar-refractivity contribution is 5.74. The van der Waals surface area contributed by atoms with Crippen LogP contribution in [0.15, 0.2) is 12.4 Å². The predicted molar refractivity (Wildman–Crippen MR) is 77.2 cm³/mol. The molecule has 22 heavy (non-hydrogen) atoms. The molecule has 2 aliphatic rings. The Morgan fingerprint density at radius 2 is 2.32 bits per heavy atom. The number of nitrogens with zero attached hydrogens (tertiary/aromatic N) is 2. The number of ether oxygens (including phenoxy) is 2. The van der Waals surface area contributed by atoms with Gasteiger partial charge in [0.15, 0.2) is 6.29 Å². The zero-order valence-electron chi connectivity index (χ0n) is 12.9. The van der Waals surface area contributed by atoms with E-state index in [0.717, 1.165) is 5.56 Å². The van der Waals surface area contributed by atoms with Crippen molar-refractivity contribution in [3.63, 3.8) is 0 Å². The van der Waals surface area contributed by atoms with Crippen molar-refractivity contribution in [3.05, 3.63) is 18.0 Å². The molecular formula is C14H22N4O4. The van der Waals surface area contributed by atoms with Gasteiger partial charge < -0.3 is 25.2 Å².